The second-order valence-corrected chi connectivity index (χ2v) is 4.84. The van der Waals surface area contributed by atoms with E-state index in [1.165, 1.54) is 12.1 Å². The number of furan rings is 1. The fraction of sp³-hybridized carbons (Fsp3) is 0.188. The van der Waals surface area contributed by atoms with Crippen LogP contribution in [-0.2, 0) is 13.6 Å². The predicted octanol–water partition coefficient (Wildman–Crippen LogP) is 3.03. The molecule has 0 saturated heterocycles. The van der Waals surface area contributed by atoms with Gasteiger partial charge in [0.05, 0.1) is 18.8 Å². The molecule has 2 heterocycles. The van der Waals surface area contributed by atoms with Gasteiger partial charge in [0, 0.05) is 19.4 Å². The molecular formula is C16H16FN3O. The largest absolute Gasteiger partial charge is 0.468 e. The first-order valence-electron chi connectivity index (χ1n) is 6.72. The first-order valence-corrected chi connectivity index (χ1v) is 6.72. The van der Waals surface area contributed by atoms with Crippen molar-refractivity contribution in [2.24, 2.45) is 7.05 Å². The summed E-state index contributed by atoms with van der Waals surface area (Å²) in [7, 11) is 1.94. The molecule has 1 N–H and O–H groups in total. The summed E-state index contributed by atoms with van der Waals surface area (Å²) in [5.74, 6) is 1.47. The van der Waals surface area contributed by atoms with E-state index in [9.17, 15) is 4.39 Å². The summed E-state index contributed by atoms with van der Waals surface area (Å²) in [5, 5.41) is 3.40. The van der Waals surface area contributed by atoms with Crippen molar-refractivity contribution in [2.45, 2.75) is 12.6 Å². The van der Waals surface area contributed by atoms with Gasteiger partial charge in [-0.05, 0) is 29.8 Å². The lowest BCUT2D eigenvalue weighted by molar-refractivity contribution is 0.459. The Labute approximate surface area is 122 Å². The Morgan fingerprint density at radius 2 is 2.10 bits per heavy atom. The van der Waals surface area contributed by atoms with E-state index in [0.717, 1.165) is 17.1 Å². The third kappa shape index (κ3) is 3.03. The highest BCUT2D eigenvalue weighted by atomic mass is 19.1. The molecule has 0 aliphatic carbocycles. The van der Waals surface area contributed by atoms with Crippen molar-refractivity contribution in [3.05, 3.63) is 78.0 Å². The molecular weight excluding hydrogens is 269 g/mol. The van der Waals surface area contributed by atoms with Crippen LogP contribution in [-0.4, -0.2) is 9.55 Å². The number of hydrogen-bond donors (Lipinski definition) is 1. The number of nitrogens with one attached hydrogen (secondary N) is 1. The van der Waals surface area contributed by atoms with Crippen LogP contribution in [0, 0.1) is 5.82 Å². The highest BCUT2D eigenvalue weighted by Crippen LogP contribution is 2.21. The molecule has 21 heavy (non-hydrogen) atoms. The summed E-state index contributed by atoms with van der Waals surface area (Å²) in [4.78, 5) is 4.39. The zero-order valence-corrected chi connectivity index (χ0v) is 11.7. The highest BCUT2D eigenvalue weighted by Gasteiger charge is 2.18. The highest BCUT2D eigenvalue weighted by molar-refractivity contribution is 5.26. The molecule has 1 atom stereocenters. The van der Waals surface area contributed by atoms with Crippen molar-refractivity contribution in [3.63, 3.8) is 0 Å². The summed E-state index contributed by atoms with van der Waals surface area (Å²) in [5.41, 5.74) is 0.956. The fourth-order valence-electron chi connectivity index (χ4n) is 2.28. The van der Waals surface area contributed by atoms with Gasteiger partial charge in [0.1, 0.15) is 17.4 Å². The molecule has 0 radical (unpaired) electrons. The lowest BCUT2D eigenvalue weighted by Crippen LogP contribution is -2.24. The molecule has 4 nitrogen and oxygen atoms in total. The van der Waals surface area contributed by atoms with Crippen molar-refractivity contribution in [3.8, 4) is 0 Å². The molecule has 0 aliphatic heterocycles. The van der Waals surface area contributed by atoms with Crippen molar-refractivity contribution in [1.29, 1.82) is 0 Å². The van der Waals surface area contributed by atoms with Gasteiger partial charge in [-0.1, -0.05) is 12.1 Å². The minimum atomic E-state index is -0.247. The number of nitrogens with zero attached hydrogens (tertiary/aromatic N) is 2. The normalized spacial score (nSPS) is 12.5. The molecule has 0 fully saturated rings. The molecule has 3 rings (SSSR count). The van der Waals surface area contributed by atoms with Gasteiger partial charge in [0.25, 0.3) is 0 Å². The number of benzene rings is 1. The van der Waals surface area contributed by atoms with Crippen LogP contribution in [0.2, 0.25) is 0 Å². The van der Waals surface area contributed by atoms with Crippen molar-refractivity contribution >= 4 is 0 Å². The van der Waals surface area contributed by atoms with Gasteiger partial charge in [-0.3, -0.25) is 5.32 Å². The van der Waals surface area contributed by atoms with Crippen LogP contribution < -0.4 is 5.32 Å². The Hall–Kier alpha value is -2.40. The topological polar surface area (TPSA) is 43.0 Å². The molecule has 0 unspecified atom stereocenters. The van der Waals surface area contributed by atoms with E-state index in [-0.39, 0.29) is 11.9 Å². The second-order valence-electron chi connectivity index (χ2n) is 4.84. The Morgan fingerprint density at radius 1 is 1.29 bits per heavy atom. The Balaban J connectivity index is 1.87. The van der Waals surface area contributed by atoms with E-state index in [1.807, 2.05) is 29.9 Å². The molecule has 0 saturated carbocycles. The number of imidazole rings is 1. The van der Waals surface area contributed by atoms with Crippen LogP contribution in [0.5, 0.6) is 0 Å². The maximum absolute atomic E-state index is 13.1. The van der Waals surface area contributed by atoms with E-state index < -0.39 is 0 Å². The SMILES string of the molecule is Cn1ccnc1[C@@H](NCc1ccco1)c1ccc(F)cc1. The van der Waals surface area contributed by atoms with Gasteiger partial charge in [0.15, 0.2) is 0 Å². The molecule has 0 bridgehead atoms. The standard InChI is InChI=1S/C16H16FN3O/c1-20-9-8-18-16(20)15(12-4-6-13(17)7-5-12)19-11-14-3-2-10-21-14/h2-10,15,19H,11H2,1H3/t15-/m0/s1. The van der Waals surface area contributed by atoms with E-state index in [0.29, 0.717) is 6.54 Å². The number of aryl methyl sites for hydroxylation is 1. The lowest BCUT2D eigenvalue weighted by Gasteiger charge is -2.18. The number of rotatable bonds is 5. The maximum atomic E-state index is 13.1. The van der Waals surface area contributed by atoms with E-state index in [2.05, 4.69) is 10.3 Å². The van der Waals surface area contributed by atoms with Crippen molar-refractivity contribution < 1.29 is 8.81 Å². The molecule has 5 heteroatoms. The second kappa shape index (κ2) is 5.93. The molecule has 0 spiro atoms. The smallest absolute Gasteiger partial charge is 0.130 e. The first-order chi connectivity index (χ1) is 10.2. The summed E-state index contributed by atoms with van der Waals surface area (Å²) in [6, 6.07) is 10.1. The quantitative estimate of drug-likeness (QED) is 0.783. The lowest BCUT2D eigenvalue weighted by atomic mass is 10.1. The van der Waals surface area contributed by atoms with Crippen LogP contribution in [0.3, 0.4) is 0 Å². The van der Waals surface area contributed by atoms with Crippen molar-refractivity contribution in [2.75, 3.05) is 0 Å². The third-order valence-corrected chi connectivity index (χ3v) is 3.38. The Kier molecular flexibility index (Phi) is 3.83. The molecule has 108 valence electrons. The Bertz CT molecular complexity index is 689. The van der Waals surface area contributed by atoms with E-state index in [4.69, 9.17) is 4.42 Å². The van der Waals surface area contributed by atoms with Gasteiger partial charge >= 0.3 is 0 Å². The van der Waals surface area contributed by atoms with Gasteiger partial charge in [-0.15, -0.1) is 0 Å². The van der Waals surface area contributed by atoms with Gasteiger partial charge in [-0.25, -0.2) is 9.37 Å². The van der Waals surface area contributed by atoms with Crippen LogP contribution in [0.1, 0.15) is 23.2 Å². The van der Waals surface area contributed by atoms with Gasteiger partial charge in [0.2, 0.25) is 0 Å². The van der Waals surface area contributed by atoms with Crippen LogP contribution in [0.25, 0.3) is 0 Å². The number of hydrogen-bond acceptors (Lipinski definition) is 3. The fourth-order valence-corrected chi connectivity index (χ4v) is 2.28. The molecule has 0 aliphatic rings. The van der Waals surface area contributed by atoms with E-state index >= 15 is 0 Å². The maximum Gasteiger partial charge on any atom is 0.130 e. The zero-order valence-electron chi connectivity index (χ0n) is 11.7. The third-order valence-electron chi connectivity index (χ3n) is 3.38. The molecule has 3 aromatic rings. The monoisotopic (exact) mass is 285 g/mol. The van der Waals surface area contributed by atoms with Crippen LogP contribution in [0.15, 0.2) is 59.5 Å². The minimum absolute atomic E-state index is 0.129. The number of halogens is 1. The predicted molar refractivity (Wildman–Crippen MR) is 77.0 cm³/mol. The van der Waals surface area contributed by atoms with Gasteiger partial charge < -0.3 is 8.98 Å². The summed E-state index contributed by atoms with van der Waals surface area (Å²) >= 11 is 0. The minimum Gasteiger partial charge on any atom is -0.468 e. The average Bonchev–Trinajstić information content (AvgIpc) is 3.13. The molecule has 0 amide bonds. The van der Waals surface area contributed by atoms with Crippen LogP contribution in [0.4, 0.5) is 4.39 Å². The Morgan fingerprint density at radius 3 is 2.71 bits per heavy atom. The summed E-state index contributed by atoms with van der Waals surface area (Å²) in [6.45, 7) is 0.571. The zero-order chi connectivity index (χ0) is 14.7. The van der Waals surface area contributed by atoms with Crippen LogP contribution >= 0.6 is 0 Å². The molecule has 1 aromatic carbocycles. The number of aromatic nitrogens is 2. The first kappa shape index (κ1) is 13.6. The van der Waals surface area contributed by atoms with Gasteiger partial charge in [-0.2, -0.15) is 0 Å². The summed E-state index contributed by atoms with van der Waals surface area (Å²) in [6.07, 6.45) is 5.28. The van der Waals surface area contributed by atoms with E-state index in [1.54, 1.807) is 24.6 Å². The summed E-state index contributed by atoms with van der Waals surface area (Å²) < 4.78 is 20.4. The molecule has 2 aromatic heterocycles. The van der Waals surface area contributed by atoms with Crippen molar-refractivity contribution in [1.82, 2.24) is 14.9 Å². The average molecular weight is 285 g/mol.